The van der Waals surface area contributed by atoms with E-state index in [0.717, 1.165) is 42.1 Å². The number of rotatable bonds is 5. The Kier molecular flexibility index (Phi) is 6.31. The number of fused-ring (bicyclic) bond motifs is 1. The van der Waals surface area contributed by atoms with Crippen molar-refractivity contribution in [3.8, 4) is 0 Å². The largest absolute Gasteiger partial charge is 0.465 e. The van der Waals surface area contributed by atoms with Gasteiger partial charge in [-0.3, -0.25) is 9.69 Å². The number of carbonyl (C=O) groups is 2. The molecule has 2 aromatic rings. The summed E-state index contributed by atoms with van der Waals surface area (Å²) in [4.78, 5) is 28.1. The van der Waals surface area contributed by atoms with Crippen LogP contribution in [0.3, 0.4) is 0 Å². The summed E-state index contributed by atoms with van der Waals surface area (Å²) in [5, 5.41) is 3.95. The Morgan fingerprint density at radius 1 is 1.37 bits per heavy atom. The Morgan fingerprint density at radius 2 is 2.15 bits per heavy atom. The summed E-state index contributed by atoms with van der Waals surface area (Å²) in [6, 6.07) is 7.28. The van der Waals surface area contributed by atoms with Crippen molar-refractivity contribution in [3.63, 3.8) is 0 Å². The van der Waals surface area contributed by atoms with Gasteiger partial charge in [-0.1, -0.05) is 36.7 Å². The first-order valence-corrected chi connectivity index (χ1v) is 9.91. The van der Waals surface area contributed by atoms with Gasteiger partial charge in [0.25, 0.3) is 0 Å². The average molecular weight is 405 g/mol. The van der Waals surface area contributed by atoms with E-state index in [-0.39, 0.29) is 5.91 Å². The smallest absolute Gasteiger partial charge is 0.341 e. The molecule has 3 rings (SSSR count). The first kappa shape index (κ1) is 19.6. The minimum absolute atomic E-state index is 0.314. The summed E-state index contributed by atoms with van der Waals surface area (Å²) in [5.74, 6) is -0.728. The number of thiophene rings is 1. The number of hydrogen-bond acceptors (Lipinski definition) is 5. The zero-order chi connectivity index (χ0) is 19.4. The van der Waals surface area contributed by atoms with Gasteiger partial charge in [0.1, 0.15) is 5.00 Å². The number of halogens is 1. The highest BCUT2D eigenvalue weighted by molar-refractivity contribution is 7.17. The van der Waals surface area contributed by atoms with Crippen LogP contribution in [0.2, 0.25) is 5.02 Å². The van der Waals surface area contributed by atoms with Gasteiger partial charge >= 0.3 is 5.97 Å². The van der Waals surface area contributed by atoms with E-state index in [4.69, 9.17) is 16.3 Å². The van der Waals surface area contributed by atoms with Crippen molar-refractivity contribution in [3.05, 3.63) is 56.9 Å². The summed E-state index contributed by atoms with van der Waals surface area (Å²) >= 11 is 7.55. The predicted molar refractivity (Wildman–Crippen MR) is 109 cm³/mol. The average Bonchev–Trinajstić information content (AvgIpc) is 3.03. The van der Waals surface area contributed by atoms with Crippen LogP contribution in [0.1, 0.15) is 33.3 Å². The first-order valence-electron chi connectivity index (χ1n) is 8.72. The van der Waals surface area contributed by atoms with Crippen molar-refractivity contribution < 1.29 is 14.3 Å². The molecule has 1 aliphatic heterocycles. The molecule has 2 heterocycles. The lowest BCUT2D eigenvalue weighted by Gasteiger charge is -2.25. The molecular weight excluding hydrogens is 384 g/mol. The standard InChI is InChI=1S/C20H21ClN2O3S/c1-3-23-11-10-14-16(12-23)27-19(18(14)20(25)26-2)22-17(24)9-8-13-6-4-5-7-15(13)21/h4-9H,3,10-12H2,1-2H3,(H,22,24)/b9-8-. The minimum Gasteiger partial charge on any atom is -0.465 e. The molecule has 0 spiro atoms. The minimum atomic E-state index is -0.414. The molecule has 7 heteroatoms. The van der Waals surface area contributed by atoms with Crippen molar-refractivity contribution >= 4 is 45.9 Å². The maximum Gasteiger partial charge on any atom is 0.341 e. The summed E-state index contributed by atoms with van der Waals surface area (Å²) in [7, 11) is 1.36. The molecule has 142 valence electrons. The zero-order valence-electron chi connectivity index (χ0n) is 15.3. The van der Waals surface area contributed by atoms with Crippen LogP contribution in [0.25, 0.3) is 6.08 Å². The molecule has 0 fully saturated rings. The highest BCUT2D eigenvalue weighted by Gasteiger charge is 2.28. The molecule has 0 unspecified atom stereocenters. The maximum absolute atomic E-state index is 12.4. The van der Waals surface area contributed by atoms with Gasteiger partial charge in [0.15, 0.2) is 0 Å². The van der Waals surface area contributed by atoms with Gasteiger partial charge < -0.3 is 10.1 Å². The monoisotopic (exact) mass is 404 g/mol. The number of benzene rings is 1. The quantitative estimate of drug-likeness (QED) is 0.598. The molecule has 1 N–H and O–H groups in total. The maximum atomic E-state index is 12.4. The van der Waals surface area contributed by atoms with Crippen LogP contribution in [0.5, 0.6) is 0 Å². The van der Waals surface area contributed by atoms with Crippen molar-refractivity contribution in [2.45, 2.75) is 19.9 Å². The molecule has 0 bridgehead atoms. The molecule has 5 nitrogen and oxygen atoms in total. The number of hydrogen-bond donors (Lipinski definition) is 1. The molecule has 0 saturated carbocycles. The van der Waals surface area contributed by atoms with Crippen LogP contribution in [0, 0.1) is 0 Å². The molecule has 1 aliphatic rings. The van der Waals surface area contributed by atoms with E-state index in [2.05, 4.69) is 17.1 Å². The summed E-state index contributed by atoms with van der Waals surface area (Å²) < 4.78 is 4.95. The molecule has 1 aromatic heterocycles. The Morgan fingerprint density at radius 3 is 2.85 bits per heavy atom. The van der Waals surface area contributed by atoms with Gasteiger partial charge in [0.2, 0.25) is 5.91 Å². The molecule has 1 aromatic carbocycles. The second kappa shape index (κ2) is 8.69. The van der Waals surface area contributed by atoms with E-state index in [1.54, 1.807) is 12.1 Å². The topological polar surface area (TPSA) is 58.6 Å². The fourth-order valence-corrected chi connectivity index (χ4v) is 4.54. The van der Waals surface area contributed by atoms with Crippen LogP contribution in [0.15, 0.2) is 30.3 Å². The van der Waals surface area contributed by atoms with Crippen LogP contribution < -0.4 is 5.32 Å². The normalized spacial score (nSPS) is 14.2. The third-order valence-electron chi connectivity index (χ3n) is 4.53. The number of methoxy groups -OCH3 is 1. The molecular formula is C20H21ClN2O3S. The van der Waals surface area contributed by atoms with E-state index in [1.165, 1.54) is 24.5 Å². The molecule has 0 atom stereocenters. The van der Waals surface area contributed by atoms with Crippen LogP contribution in [-0.2, 0) is 22.5 Å². The molecule has 0 radical (unpaired) electrons. The number of likely N-dealkylation sites (N-methyl/N-ethyl adjacent to an activating group) is 1. The van der Waals surface area contributed by atoms with Crippen molar-refractivity contribution in [2.24, 2.45) is 0 Å². The fraction of sp³-hybridized carbons (Fsp3) is 0.300. The third kappa shape index (κ3) is 4.40. The van der Waals surface area contributed by atoms with Gasteiger partial charge in [-0.15, -0.1) is 11.3 Å². The van der Waals surface area contributed by atoms with Crippen molar-refractivity contribution in [1.82, 2.24) is 4.90 Å². The number of nitrogens with one attached hydrogen (secondary N) is 1. The van der Waals surface area contributed by atoms with E-state index < -0.39 is 5.97 Å². The van der Waals surface area contributed by atoms with Gasteiger partial charge in [0.05, 0.1) is 12.7 Å². The Balaban J connectivity index is 1.83. The molecule has 1 amide bonds. The van der Waals surface area contributed by atoms with Gasteiger partial charge in [0, 0.05) is 29.1 Å². The Bertz CT molecular complexity index is 891. The van der Waals surface area contributed by atoms with E-state index in [1.807, 2.05) is 18.2 Å². The lowest BCUT2D eigenvalue weighted by atomic mass is 10.0. The zero-order valence-corrected chi connectivity index (χ0v) is 16.8. The number of esters is 1. The third-order valence-corrected chi connectivity index (χ3v) is 6.01. The lowest BCUT2D eigenvalue weighted by molar-refractivity contribution is -0.111. The summed E-state index contributed by atoms with van der Waals surface area (Å²) in [6.45, 7) is 4.74. The van der Waals surface area contributed by atoms with Crippen LogP contribution in [-0.4, -0.2) is 37.0 Å². The molecule has 0 saturated heterocycles. The Hall–Kier alpha value is -2.15. The van der Waals surface area contributed by atoms with E-state index in [0.29, 0.717) is 15.6 Å². The summed E-state index contributed by atoms with van der Waals surface area (Å²) in [5.41, 5.74) is 2.22. The second-order valence-corrected chi connectivity index (χ2v) is 7.67. The highest BCUT2D eigenvalue weighted by atomic mass is 35.5. The fourth-order valence-electron chi connectivity index (χ4n) is 3.06. The number of amides is 1. The van der Waals surface area contributed by atoms with Crippen molar-refractivity contribution in [1.29, 1.82) is 0 Å². The number of carbonyl (C=O) groups excluding carboxylic acids is 2. The number of nitrogens with zero attached hydrogens (tertiary/aromatic N) is 1. The van der Waals surface area contributed by atoms with Gasteiger partial charge in [-0.2, -0.15) is 0 Å². The van der Waals surface area contributed by atoms with Crippen LogP contribution >= 0.6 is 22.9 Å². The van der Waals surface area contributed by atoms with Crippen molar-refractivity contribution in [2.75, 3.05) is 25.5 Å². The molecule has 0 aliphatic carbocycles. The first-order chi connectivity index (χ1) is 13.0. The number of ether oxygens (including phenoxy) is 1. The second-order valence-electron chi connectivity index (χ2n) is 6.16. The highest BCUT2D eigenvalue weighted by Crippen LogP contribution is 2.37. The predicted octanol–water partition coefficient (Wildman–Crippen LogP) is 4.22. The SMILES string of the molecule is CCN1CCc2c(sc(NC(=O)/C=C\c3ccccc3Cl)c2C(=O)OC)C1. The van der Waals surface area contributed by atoms with Gasteiger partial charge in [-0.05, 0) is 36.2 Å². The van der Waals surface area contributed by atoms with E-state index >= 15 is 0 Å². The summed E-state index contributed by atoms with van der Waals surface area (Å²) in [6.07, 6.45) is 3.84. The lowest BCUT2D eigenvalue weighted by Crippen LogP contribution is -2.29. The molecule has 27 heavy (non-hydrogen) atoms. The Labute approximate surface area is 167 Å². The van der Waals surface area contributed by atoms with Crippen LogP contribution in [0.4, 0.5) is 5.00 Å². The van der Waals surface area contributed by atoms with Gasteiger partial charge in [-0.25, -0.2) is 4.79 Å². The number of anilines is 1. The van der Waals surface area contributed by atoms with E-state index in [9.17, 15) is 9.59 Å².